The van der Waals surface area contributed by atoms with Gasteiger partial charge < -0.3 is 9.32 Å². The smallest absolute Gasteiger partial charge is 0.249 e. The van der Waals surface area contributed by atoms with Crippen LogP contribution in [0.1, 0.15) is 17.5 Å². The summed E-state index contributed by atoms with van der Waals surface area (Å²) in [4.78, 5) is 8.98. The molecule has 0 amide bonds. The van der Waals surface area contributed by atoms with Gasteiger partial charge >= 0.3 is 0 Å². The van der Waals surface area contributed by atoms with E-state index in [-0.39, 0.29) is 11.9 Å². The molecule has 1 aliphatic heterocycles. The van der Waals surface area contributed by atoms with Crippen molar-refractivity contribution in [2.24, 2.45) is 0 Å². The lowest BCUT2D eigenvalue weighted by molar-refractivity contribution is 0.187. The third-order valence-corrected chi connectivity index (χ3v) is 5.95. The molecule has 0 aliphatic carbocycles. The topological polar surface area (TPSA) is 58.3 Å². The number of nitrogens with zero attached hydrogens (tertiary/aromatic N) is 5. The van der Waals surface area contributed by atoms with Gasteiger partial charge in [-0.3, -0.25) is 4.90 Å². The highest BCUT2D eigenvalue weighted by Crippen LogP contribution is 2.33. The van der Waals surface area contributed by atoms with Gasteiger partial charge in [-0.1, -0.05) is 41.9 Å². The van der Waals surface area contributed by atoms with Crippen LogP contribution in [0.3, 0.4) is 0 Å². The molecule has 0 saturated carbocycles. The molecule has 2 aromatic heterocycles. The van der Waals surface area contributed by atoms with Gasteiger partial charge in [0.1, 0.15) is 17.7 Å². The van der Waals surface area contributed by atoms with Crippen LogP contribution in [0.15, 0.2) is 77.3 Å². The number of benzene rings is 2. The van der Waals surface area contributed by atoms with E-state index in [4.69, 9.17) is 16.0 Å². The van der Waals surface area contributed by atoms with Crippen LogP contribution in [0, 0.1) is 5.82 Å². The van der Waals surface area contributed by atoms with E-state index in [1.54, 1.807) is 24.4 Å². The molecular formula is C24H21ClFN5O. The van der Waals surface area contributed by atoms with Gasteiger partial charge in [-0.2, -0.15) is 0 Å². The molecule has 6 nitrogen and oxygen atoms in total. The molecule has 32 heavy (non-hydrogen) atoms. The van der Waals surface area contributed by atoms with Gasteiger partial charge in [0.05, 0.1) is 10.6 Å². The molecule has 3 heterocycles. The summed E-state index contributed by atoms with van der Waals surface area (Å²) in [5.74, 6) is 1.50. The predicted octanol–water partition coefficient (Wildman–Crippen LogP) is 4.84. The van der Waals surface area contributed by atoms with Gasteiger partial charge in [-0.05, 0) is 42.0 Å². The fraction of sp³-hybridized carbons (Fsp3) is 0.208. The van der Waals surface area contributed by atoms with Gasteiger partial charge in [0.15, 0.2) is 0 Å². The lowest BCUT2D eigenvalue weighted by atomic mass is 10.0. The Morgan fingerprint density at radius 1 is 0.875 bits per heavy atom. The predicted molar refractivity (Wildman–Crippen MR) is 121 cm³/mol. The molecule has 4 aromatic rings. The molecule has 5 rings (SSSR count). The van der Waals surface area contributed by atoms with Crippen LogP contribution in [0.5, 0.6) is 0 Å². The first kappa shape index (κ1) is 20.6. The monoisotopic (exact) mass is 449 g/mol. The maximum atomic E-state index is 13.6. The zero-order chi connectivity index (χ0) is 21.9. The van der Waals surface area contributed by atoms with Crippen molar-refractivity contribution in [2.45, 2.75) is 6.04 Å². The van der Waals surface area contributed by atoms with E-state index in [0.717, 1.165) is 37.6 Å². The van der Waals surface area contributed by atoms with Crippen molar-refractivity contribution in [2.75, 3.05) is 31.1 Å². The van der Waals surface area contributed by atoms with Gasteiger partial charge in [-0.25, -0.2) is 9.37 Å². The number of rotatable bonds is 5. The van der Waals surface area contributed by atoms with E-state index in [9.17, 15) is 4.39 Å². The Morgan fingerprint density at radius 3 is 2.34 bits per heavy atom. The zero-order valence-electron chi connectivity index (χ0n) is 17.2. The molecule has 0 N–H and O–H groups in total. The van der Waals surface area contributed by atoms with Crippen LogP contribution in [-0.2, 0) is 0 Å². The van der Waals surface area contributed by atoms with E-state index >= 15 is 0 Å². The molecule has 1 aliphatic rings. The highest BCUT2D eigenvalue weighted by atomic mass is 35.5. The summed E-state index contributed by atoms with van der Waals surface area (Å²) < 4.78 is 19.7. The van der Waals surface area contributed by atoms with Crippen LogP contribution in [0.25, 0.3) is 11.5 Å². The second kappa shape index (κ2) is 9.06. The molecule has 0 spiro atoms. The number of hydrogen-bond donors (Lipinski definition) is 0. The highest BCUT2D eigenvalue weighted by Gasteiger charge is 2.31. The second-order valence-electron chi connectivity index (χ2n) is 7.59. The Balaban J connectivity index is 1.44. The fourth-order valence-electron chi connectivity index (χ4n) is 3.99. The fourth-order valence-corrected chi connectivity index (χ4v) is 4.21. The van der Waals surface area contributed by atoms with Crippen LogP contribution < -0.4 is 4.90 Å². The van der Waals surface area contributed by atoms with Crippen LogP contribution in [0.2, 0.25) is 5.02 Å². The number of anilines is 1. The van der Waals surface area contributed by atoms with Crippen molar-refractivity contribution in [1.29, 1.82) is 0 Å². The minimum Gasteiger partial charge on any atom is -0.419 e. The van der Waals surface area contributed by atoms with Crippen molar-refractivity contribution in [3.05, 3.63) is 95.2 Å². The lowest BCUT2D eigenvalue weighted by Crippen LogP contribution is -2.48. The molecule has 162 valence electrons. The Hall–Kier alpha value is -3.29. The lowest BCUT2D eigenvalue weighted by Gasteiger charge is -2.38. The van der Waals surface area contributed by atoms with E-state index in [1.165, 1.54) is 12.1 Å². The third kappa shape index (κ3) is 4.22. The number of piperazine rings is 1. The first-order chi connectivity index (χ1) is 15.7. The Kier molecular flexibility index (Phi) is 5.83. The zero-order valence-corrected chi connectivity index (χ0v) is 18.0. The average molecular weight is 450 g/mol. The summed E-state index contributed by atoms with van der Waals surface area (Å²) >= 11 is 6.31. The second-order valence-corrected chi connectivity index (χ2v) is 8.00. The van der Waals surface area contributed by atoms with Gasteiger partial charge in [0, 0.05) is 32.4 Å². The number of hydrogen-bond acceptors (Lipinski definition) is 6. The quantitative estimate of drug-likeness (QED) is 0.434. The normalized spacial score (nSPS) is 15.6. The molecular weight excluding hydrogens is 429 g/mol. The Morgan fingerprint density at radius 2 is 1.62 bits per heavy atom. The molecule has 1 saturated heterocycles. The minimum absolute atomic E-state index is 0.283. The molecule has 2 aromatic carbocycles. The van der Waals surface area contributed by atoms with Gasteiger partial charge in [0.25, 0.3) is 0 Å². The van der Waals surface area contributed by atoms with Crippen LogP contribution in [-0.4, -0.2) is 46.3 Å². The molecule has 0 radical (unpaired) electrons. The Labute approximate surface area is 190 Å². The van der Waals surface area contributed by atoms with E-state index in [2.05, 4.69) is 25.0 Å². The summed E-state index contributed by atoms with van der Waals surface area (Å²) in [7, 11) is 0. The largest absolute Gasteiger partial charge is 0.419 e. The third-order valence-electron chi connectivity index (χ3n) is 5.62. The van der Waals surface area contributed by atoms with E-state index in [1.807, 2.05) is 36.4 Å². The summed E-state index contributed by atoms with van der Waals surface area (Å²) in [5.41, 5.74) is 1.58. The summed E-state index contributed by atoms with van der Waals surface area (Å²) in [5, 5.41) is 9.14. The van der Waals surface area contributed by atoms with Crippen molar-refractivity contribution in [1.82, 2.24) is 20.1 Å². The minimum atomic E-state index is -0.287. The van der Waals surface area contributed by atoms with E-state index in [0.29, 0.717) is 22.4 Å². The van der Waals surface area contributed by atoms with E-state index < -0.39 is 0 Å². The number of pyridine rings is 1. The highest BCUT2D eigenvalue weighted by molar-refractivity contribution is 6.33. The molecule has 1 unspecified atom stereocenters. The van der Waals surface area contributed by atoms with Crippen LogP contribution >= 0.6 is 11.6 Å². The van der Waals surface area contributed by atoms with Gasteiger partial charge in [-0.15, -0.1) is 10.2 Å². The SMILES string of the molecule is Fc1ccc(C(c2nnc(-c3ccccc3Cl)o2)N2CCN(c3ccccn3)CC2)cc1. The van der Waals surface area contributed by atoms with Gasteiger partial charge in [0.2, 0.25) is 11.8 Å². The summed E-state index contributed by atoms with van der Waals surface area (Å²) in [6.07, 6.45) is 1.80. The molecule has 1 atom stereocenters. The van der Waals surface area contributed by atoms with Crippen molar-refractivity contribution in [3.63, 3.8) is 0 Å². The van der Waals surface area contributed by atoms with Crippen molar-refractivity contribution in [3.8, 4) is 11.5 Å². The summed E-state index contributed by atoms with van der Waals surface area (Å²) in [6.45, 7) is 3.14. The van der Waals surface area contributed by atoms with Crippen molar-refractivity contribution >= 4 is 17.4 Å². The molecule has 0 bridgehead atoms. The maximum Gasteiger partial charge on any atom is 0.249 e. The Bertz CT molecular complexity index is 1180. The van der Waals surface area contributed by atoms with Crippen LogP contribution in [0.4, 0.5) is 10.2 Å². The standard InChI is InChI=1S/C24H21ClFN5O/c25-20-6-2-1-5-19(20)23-28-29-24(32-23)22(17-8-10-18(26)11-9-17)31-15-13-30(14-16-31)21-7-3-4-12-27-21/h1-12,22H,13-16H2. The maximum absolute atomic E-state index is 13.6. The molecule has 8 heteroatoms. The first-order valence-electron chi connectivity index (χ1n) is 10.4. The first-order valence-corrected chi connectivity index (χ1v) is 10.8. The summed E-state index contributed by atoms with van der Waals surface area (Å²) in [6, 6.07) is 19.4. The molecule has 1 fully saturated rings. The average Bonchev–Trinajstić information content (AvgIpc) is 3.31. The number of halogens is 2. The van der Waals surface area contributed by atoms with Crippen molar-refractivity contribution < 1.29 is 8.81 Å². The number of aromatic nitrogens is 3.